The van der Waals surface area contributed by atoms with Crippen molar-refractivity contribution in [1.82, 2.24) is 10.3 Å². The van der Waals surface area contributed by atoms with Crippen LogP contribution in [-0.4, -0.2) is 28.1 Å². The van der Waals surface area contributed by atoms with E-state index in [0.717, 1.165) is 16.5 Å². The molecule has 0 saturated heterocycles. The maximum atomic E-state index is 12.6. The van der Waals surface area contributed by atoms with Gasteiger partial charge in [0.1, 0.15) is 0 Å². The van der Waals surface area contributed by atoms with Gasteiger partial charge in [0.05, 0.1) is 18.6 Å². The number of nitrogens with one attached hydrogen (secondary N) is 2. The van der Waals surface area contributed by atoms with Crippen molar-refractivity contribution >= 4 is 16.8 Å². The lowest BCUT2D eigenvalue weighted by atomic mass is 9.96. The summed E-state index contributed by atoms with van der Waals surface area (Å²) in [5, 5.41) is 14.1. The molecule has 122 valence electrons. The van der Waals surface area contributed by atoms with Crippen LogP contribution in [0.25, 0.3) is 10.9 Å². The van der Waals surface area contributed by atoms with Crippen molar-refractivity contribution in [3.63, 3.8) is 0 Å². The molecule has 0 radical (unpaired) electrons. The van der Waals surface area contributed by atoms with Crippen LogP contribution >= 0.6 is 0 Å². The number of fused-ring (bicyclic) bond motifs is 2. The molecule has 1 aromatic heterocycles. The molecule has 0 aliphatic heterocycles. The highest BCUT2D eigenvalue weighted by molar-refractivity contribution is 5.89. The number of carbonyl (C=O) groups excluding carboxylic acids is 1. The Hall–Kier alpha value is -2.59. The molecule has 1 aliphatic carbocycles. The predicted molar refractivity (Wildman–Crippen MR) is 93.8 cm³/mol. The Morgan fingerprint density at radius 2 is 1.75 bits per heavy atom. The van der Waals surface area contributed by atoms with Gasteiger partial charge in [-0.05, 0) is 35.6 Å². The minimum Gasteiger partial charge on any atom is -0.394 e. The molecule has 24 heavy (non-hydrogen) atoms. The van der Waals surface area contributed by atoms with Gasteiger partial charge in [-0.15, -0.1) is 0 Å². The third kappa shape index (κ3) is 2.59. The van der Waals surface area contributed by atoms with E-state index >= 15 is 0 Å². The third-order valence-electron chi connectivity index (χ3n) is 4.91. The van der Waals surface area contributed by atoms with Gasteiger partial charge in [-0.2, -0.15) is 0 Å². The molecule has 0 fully saturated rings. The summed E-state index contributed by atoms with van der Waals surface area (Å²) in [6, 6.07) is 16.1. The fourth-order valence-corrected chi connectivity index (χ4v) is 3.72. The van der Waals surface area contributed by atoms with E-state index in [-0.39, 0.29) is 12.5 Å². The monoisotopic (exact) mass is 320 g/mol. The highest BCUT2D eigenvalue weighted by Gasteiger charge is 2.37. The molecular weight excluding hydrogens is 300 g/mol. The molecule has 1 heterocycles. The van der Waals surface area contributed by atoms with Crippen LogP contribution < -0.4 is 5.32 Å². The molecule has 2 aromatic carbocycles. The summed E-state index contributed by atoms with van der Waals surface area (Å²) in [5.74, 6) is -0.0541. The molecule has 0 atom stereocenters. The minimum atomic E-state index is -0.577. The van der Waals surface area contributed by atoms with Crippen LogP contribution in [-0.2, 0) is 24.1 Å². The van der Waals surface area contributed by atoms with Gasteiger partial charge in [-0.3, -0.25) is 4.79 Å². The fourth-order valence-electron chi connectivity index (χ4n) is 3.72. The number of aromatic amines is 1. The molecule has 0 spiro atoms. The summed E-state index contributed by atoms with van der Waals surface area (Å²) >= 11 is 0. The van der Waals surface area contributed by atoms with Crippen LogP contribution in [0.1, 0.15) is 16.7 Å². The zero-order valence-electron chi connectivity index (χ0n) is 13.4. The summed E-state index contributed by atoms with van der Waals surface area (Å²) in [6.45, 7) is -0.0543. The molecular formula is C20H20N2O2. The fraction of sp³-hybridized carbons (Fsp3) is 0.250. The van der Waals surface area contributed by atoms with Crippen molar-refractivity contribution in [1.29, 1.82) is 0 Å². The average Bonchev–Trinajstić information content (AvgIpc) is 3.16. The lowest BCUT2D eigenvalue weighted by Gasteiger charge is -2.28. The molecule has 3 N–H and O–H groups in total. The first-order chi connectivity index (χ1) is 11.7. The standard InChI is InChI=1S/C20H20N2O2/c23-13-20(10-14-5-1-2-6-15(14)11-20)22-19(24)9-16-12-21-18-8-4-3-7-17(16)18/h1-8,12,21,23H,9-11,13H2,(H,22,24). The van der Waals surface area contributed by atoms with Gasteiger partial charge in [-0.25, -0.2) is 0 Å². The number of benzene rings is 2. The second kappa shape index (κ2) is 5.80. The minimum absolute atomic E-state index is 0.0541. The number of aliphatic hydroxyl groups is 1. The number of amides is 1. The van der Waals surface area contributed by atoms with Gasteiger partial charge in [-0.1, -0.05) is 42.5 Å². The Bertz CT molecular complexity index is 872. The first kappa shape index (κ1) is 15.0. The van der Waals surface area contributed by atoms with Gasteiger partial charge in [0.25, 0.3) is 0 Å². The lowest BCUT2D eigenvalue weighted by Crippen LogP contribution is -2.52. The second-order valence-corrected chi connectivity index (χ2v) is 6.65. The van der Waals surface area contributed by atoms with Crippen LogP contribution in [0.3, 0.4) is 0 Å². The lowest BCUT2D eigenvalue weighted by molar-refractivity contribution is -0.122. The maximum Gasteiger partial charge on any atom is 0.225 e. The van der Waals surface area contributed by atoms with Crippen molar-refractivity contribution in [2.75, 3.05) is 6.61 Å². The Morgan fingerprint density at radius 1 is 1.08 bits per heavy atom. The van der Waals surface area contributed by atoms with Crippen LogP contribution in [0.15, 0.2) is 54.7 Å². The molecule has 3 aromatic rings. The topological polar surface area (TPSA) is 65.1 Å². The smallest absolute Gasteiger partial charge is 0.225 e. The summed E-state index contributed by atoms with van der Waals surface area (Å²) in [6.07, 6.45) is 3.56. The van der Waals surface area contributed by atoms with Crippen molar-refractivity contribution in [2.24, 2.45) is 0 Å². The number of carbonyl (C=O) groups is 1. The van der Waals surface area contributed by atoms with Gasteiger partial charge in [0, 0.05) is 17.1 Å². The Kier molecular flexibility index (Phi) is 3.62. The SMILES string of the molecule is O=C(Cc1c[nH]c2ccccc12)NC1(CO)Cc2ccccc2C1. The van der Waals surface area contributed by atoms with Gasteiger partial charge < -0.3 is 15.4 Å². The van der Waals surface area contributed by atoms with E-state index in [1.165, 1.54) is 11.1 Å². The molecule has 1 aliphatic rings. The second-order valence-electron chi connectivity index (χ2n) is 6.65. The Morgan fingerprint density at radius 3 is 2.46 bits per heavy atom. The van der Waals surface area contributed by atoms with E-state index in [9.17, 15) is 9.90 Å². The van der Waals surface area contributed by atoms with Crippen molar-refractivity contribution in [3.05, 3.63) is 71.4 Å². The number of H-pyrrole nitrogens is 1. The predicted octanol–water partition coefficient (Wildman–Crippen LogP) is 2.36. The molecule has 0 unspecified atom stereocenters. The van der Waals surface area contributed by atoms with Crippen molar-refractivity contribution < 1.29 is 9.90 Å². The van der Waals surface area contributed by atoms with E-state index in [2.05, 4.69) is 22.4 Å². The van der Waals surface area contributed by atoms with Crippen molar-refractivity contribution in [3.8, 4) is 0 Å². The van der Waals surface area contributed by atoms with Crippen molar-refractivity contribution in [2.45, 2.75) is 24.8 Å². The van der Waals surface area contributed by atoms with E-state index < -0.39 is 5.54 Å². The number of para-hydroxylation sites is 1. The third-order valence-corrected chi connectivity index (χ3v) is 4.91. The molecule has 4 rings (SSSR count). The largest absolute Gasteiger partial charge is 0.394 e. The highest BCUT2D eigenvalue weighted by Crippen LogP contribution is 2.30. The van der Waals surface area contributed by atoms with Crippen LogP contribution in [0.2, 0.25) is 0 Å². The quantitative estimate of drug-likeness (QED) is 0.691. The number of aliphatic hydroxyl groups excluding tert-OH is 1. The first-order valence-corrected chi connectivity index (χ1v) is 8.23. The van der Waals surface area contributed by atoms with Gasteiger partial charge in [0.15, 0.2) is 0 Å². The average molecular weight is 320 g/mol. The summed E-state index contributed by atoms with van der Waals surface area (Å²) in [7, 11) is 0. The molecule has 4 nitrogen and oxygen atoms in total. The van der Waals surface area contributed by atoms with E-state index in [1.807, 2.05) is 42.6 Å². The summed E-state index contributed by atoms with van der Waals surface area (Å²) in [5.41, 5.74) is 3.85. The Balaban J connectivity index is 1.51. The zero-order chi connectivity index (χ0) is 16.6. The highest BCUT2D eigenvalue weighted by atomic mass is 16.3. The molecule has 0 saturated carbocycles. The van der Waals surface area contributed by atoms with Crippen LogP contribution in [0.4, 0.5) is 0 Å². The number of aromatic nitrogens is 1. The first-order valence-electron chi connectivity index (χ1n) is 8.23. The molecule has 1 amide bonds. The summed E-state index contributed by atoms with van der Waals surface area (Å²) < 4.78 is 0. The van der Waals surface area contributed by atoms with E-state index in [0.29, 0.717) is 19.3 Å². The van der Waals surface area contributed by atoms with E-state index in [1.54, 1.807) is 0 Å². The molecule has 0 bridgehead atoms. The number of hydrogen-bond donors (Lipinski definition) is 3. The zero-order valence-corrected chi connectivity index (χ0v) is 13.4. The van der Waals surface area contributed by atoms with Gasteiger partial charge >= 0.3 is 0 Å². The number of rotatable bonds is 4. The van der Waals surface area contributed by atoms with Crippen LogP contribution in [0.5, 0.6) is 0 Å². The number of hydrogen-bond acceptors (Lipinski definition) is 2. The summed E-state index contributed by atoms with van der Waals surface area (Å²) in [4.78, 5) is 15.8. The maximum absolute atomic E-state index is 12.6. The van der Waals surface area contributed by atoms with Crippen LogP contribution in [0, 0.1) is 0 Å². The molecule has 4 heteroatoms. The Labute approximate surface area is 140 Å². The van der Waals surface area contributed by atoms with E-state index in [4.69, 9.17) is 0 Å². The normalized spacial score (nSPS) is 15.4. The van der Waals surface area contributed by atoms with Gasteiger partial charge in [0.2, 0.25) is 5.91 Å².